The molecule has 0 aliphatic carbocycles. The molecule has 0 radical (unpaired) electrons. The molecule has 0 unspecified atom stereocenters. The molecule has 28 heavy (non-hydrogen) atoms. The van der Waals surface area contributed by atoms with Gasteiger partial charge >= 0.3 is 0 Å². The molecule has 0 atom stereocenters. The standard InChI is InChI=1S/C20H14FN3O4/c21-14-6-8-15(9-7-14)22-18(25)12-27-16-4-1-3-13(11-16)19-23-20(28-24-19)17-5-2-10-26-17/h1-11H,12H2,(H,22,25). The predicted molar refractivity (Wildman–Crippen MR) is 98.0 cm³/mol. The number of benzene rings is 2. The number of anilines is 1. The minimum atomic E-state index is -0.372. The summed E-state index contributed by atoms with van der Waals surface area (Å²) in [5, 5.41) is 6.55. The molecule has 1 N–H and O–H groups in total. The van der Waals surface area contributed by atoms with Gasteiger partial charge in [-0.3, -0.25) is 4.79 Å². The van der Waals surface area contributed by atoms with Crippen LogP contribution in [-0.4, -0.2) is 22.7 Å². The van der Waals surface area contributed by atoms with Gasteiger partial charge < -0.3 is 19.0 Å². The van der Waals surface area contributed by atoms with E-state index < -0.39 is 0 Å². The van der Waals surface area contributed by atoms with E-state index in [1.165, 1.54) is 30.5 Å². The van der Waals surface area contributed by atoms with E-state index in [2.05, 4.69) is 15.5 Å². The van der Waals surface area contributed by atoms with Crippen molar-refractivity contribution in [1.82, 2.24) is 10.1 Å². The quantitative estimate of drug-likeness (QED) is 0.541. The number of carbonyl (C=O) groups excluding carboxylic acids is 1. The molecule has 1 amide bonds. The highest BCUT2D eigenvalue weighted by Crippen LogP contribution is 2.25. The van der Waals surface area contributed by atoms with Crippen LogP contribution in [0.5, 0.6) is 5.75 Å². The van der Waals surface area contributed by atoms with Crippen molar-refractivity contribution in [3.8, 4) is 28.8 Å². The third-order valence-corrected chi connectivity index (χ3v) is 3.75. The summed E-state index contributed by atoms with van der Waals surface area (Å²) in [5.74, 6) is 0.844. The Balaban J connectivity index is 1.40. The lowest BCUT2D eigenvalue weighted by Crippen LogP contribution is -2.20. The first kappa shape index (κ1) is 17.5. The van der Waals surface area contributed by atoms with Gasteiger partial charge in [0.15, 0.2) is 12.4 Å². The molecule has 4 aromatic rings. The number of amides is 1. The molecule has 0 saturated heterocycles. The minimum absolute atomic E-state index is 0.204. The minimum Gasteiger partial charge on any atom is -0.484 e. The Labute approximate surface area is 158 Å². The fraction of sp³-hybridized carbons (Fsp3) is 0.0500. The number of hydrogen-bond donors (Lipinski definition) is 1. The molecule has 2 aromatic heterocycles. The summed E-state index contributed by atoms with van der Waals surface area (Å²) in [4.78, 5) is 16.3. The summed E-state index contributed by atoms with van der Waals surface area (Å²) in [7, 11) is 0. The van der Waals surface area contributed by atoms with Crippen LogP contribution in [0.15, 0.2) is 75.9 Å². The van der Waals surface area contributed by atoms with Crippen LogP contribution >= 0.6 is 0 Å². The number of nitrogens with one attached hydrogen (secondary N) is 1. The Morgan fingerprint density at radius 2 is 1.96 bits per heavy atom. The number of hydrogen-bond acceptors (Lipinski definition) is 6. The van der Waals surface area contributed by atoms with Gasteiger partial charge in [0.2, 0.25) is 5.82 Å². The van der Waals surface area contributed by atoms with Gasteiger partial charge in [-0.25, -0.2) is 4.39 Å². The monoisotopic (exact) mass is 379 g/mol. The van der Waals surface area contributed by atoms with Gasteiger partial charge in [0.25, 0.3) is 11.8 Å². The first-order valence-corrected chi connectivity index (χ1v) is 8.33. The van der Waals surface area contributed by atoms with E-state index >= 15 is 0 Å². The van der Waals surface area contributed by atoms with Crippen LogP contribution in [0.25, 0.3) is 23.0 Å². The van der Waals surface area contributed by atoms with Crippen LogP contribution in [0.4, 0.5) is 10.1 Å². The van der Waals surface area contributed by atoms with E-state index in [9.17, 15) is 9.18 Å². The maximum absolute atomic E-state index is 12.9. The molecule has 0 aliphatic rings. The number of rotatable bonds is 6. The van der Waals surface area contributed by atoms with Crippen LogP contribution < -0.4 is 10.1 Å². The summed E-state index contributed by atoms with van der Waals surface area (Å²) in [6.45, 7) is -0.204. The van der Waals surface area contributed by atoms with Crippen molar-refractivity contribution in [2.45, 2.75) is 0 Å². The van der Waals surface area contributed by atoms with E-state index in [0.717, 1.165) is 0 Å². The van der Waals surface area contributed by atoms with Crippen molar-refractivity contribution in [2.24, 2.45) is 0 Å². The van der Waals surface area contributed by atoms with E-state index in [-0.39, 0.29) is 24.2 Å². The molecule has 4 rings (SSSR count). The lowest BCUT2D eigenvalue weighted by molar-refractivity contribution is -0.118. The zero-order valence-electron chi connectivity index (χ0n) is 14.5. The Hall–Kier alpha value is -3.94. The highest BCUT2D eigenvalue weighted by molar-refractivity contribution is 5.91. The second-order valence-electron chi connectivity index (χ2n) is 5.77. The summed E-state index contributed by atoms with van der Waals surface area (Å²) >= 11 is 0. The van der Waals surface area contributed by atoms with Gasteiger partial charge in [-0.15, -0.1) is 0 Å². The molecule has 0 fully saturated rings. The molecule has 7 nitrogen and oxygen atoms in total. The highest BCUT2D eigenvalue weighted by atomic mass is 19.1. The van der Waals surface area contributed by atoms with Crippen LogP contribution in [0, 0.1) is 5.82 Å². The van der Waals surface area contributed by atoms with E-state index in [0.29, 0.717) is 28.6 Å². The molecule has 0 bridgehead atoms. The van der Waals surface area contributed by atoms with Gasteiger partial charge in [0.05, 0.1) is 6.26 Å². The molecular formula is C20H14FN3O4. The summed E-state index contributed by atoms with van der Waals surface area (Å²) in [5.41, 5.74) is 1.15. The average molecular weight is 379 g/mol. The highest BCUT2D eigenvalue weighted by Gasteiger charge is 2.13. The summed E-state index contributed by atoms with van der Waals surface area (Å²) < 4.78 is 28.8. The van der Waals surface area contributed by atoms with Crippen LogP contribution in [-0.2, 0) is 4.79 Å². The Kier molecular flexibility index (Phi) is 4.83. The smallest absolute Gasteiger partial charge is 0.293 e. The van der Waals surface area contributed by atoms with Crippen molar-refractivity contribution in [2.75, 3.05) is 11.9 Å². The van der Waals surface area contributed by atoms with E-state index in [1.807, 2.05) is 0 Å². The third-order valence-electron chi connectivity index (χ3n) is 3.75. The SMILES string of the molecule is O=C(COc1cccc(-c2noc(-c3ccco3)n2)c1)Nc1ccc(F)cc1. The first-order chi connectivity index (χ1) is 13.7. The number of furan rings is 1. The third kappa shape index (κ3) is 4.07. The zero-order chi connectivity index (χ0) is 19.3. The number of nitrogens with zero attached hydrogens (tertiary/aromatic N) is 2. The molecule has 140 valence electrons. The van der Waals surface area contributed by atoms with Gasteiger partial charge in [-0.1, -0.05) is 17.3 Å². The van der Waals surface area contributed by atoms with E-state index in [1.54, 1.807) is 36.4 Å². The van der Waals surface area contributed by atoms with Gasteiger partial charge in [0, 0.05) is 11.3 Å². The summed E-state index contributed by atoms with van der Waals surface area (Å²) in [6.07, 6.45) is 1.52. The molecule has 0 spiro atoms. The number of ether oxygens (including phenoxy) is 1. The topological polar surface area (TPSA) is 90.4 Å². The lowest BCUT2D eigenvalue weighted by atomic mass is 10.2. The zero-order valence-corrected chi connectivity index (χ0v) is 14.5. The van der Waals surface area contributed by atoms with Crippen LogP contribution in [0.2, 0.25) is 0 Å². The average Bonchev–Trinajstić information content (AvgIpc) is 3.40. The molecular weight excluding hydrogens is 365 g/mol. The summed E-state index contributed by atoms with van der Waals surface area (Å²) in [6, 6.07) is 15.9. The van der Waals surface area contributed by atoms with Crippen LogP contribution in [0.3, 0.4) is 0 Å². The maximum Gasteiger partial charge on any atom is 0.293 e. The van der Waals surface area contributed by atoms with Crippen molar-refractivity contribution in [3.05, 3.63) is 72.7 Å². The molecule has 0 saturated carbocycles. The maximum atomic E-state index is 12.9. The number of halogens is 1. The van der Waals surface area contributed by atoms with Gasteiger partial charge in [-0.05, 0) is 48.5 Å². The molecule has 2 aromatic carbocycles. The van der Waals surface area contributed by atoms with Crippen molar-refractivity contribution < 1.29 is 22.9 Å². The fourth-order valence-electron chi connectivity index (χ4n) is 2.45. The number of carbonyl (C=O) groups is 1. The Morgan fingerprint density at radius 3 is 2.75 bits per heavy atom. The van der Waals surface area contributed by atoms with Crippen molar-refractivity contribution in [3.63, 3.8) is 0 Å². The second kappa shape index (κ2) is 7.75. The largest absolute Gasteiger partial charge is 0.484 e. The van der Waals surface area contributed by atoms with Crippen LogP contribution in [0.1, 0.15) is 0 Å². The fourth-order valence-corrected chi connectivity index (χ4v) is 2.45. The van der Waals surface area contributed by atoms with E-state index in [4.69, 9.17) is 13.7 Å². The first-order valence-electron chi connectivity index (χ1n) is 8.33. The number of aromatic nitrogens is 2. The lowest BCUT2D eigenvalue weighted by Gasteiger charge is -2.08. The van der Waals surface area contributed by atoms with Gasteiger partial charge in [-0.2, -0.15) is 4.98 Å². The molecule has 8 heteroatoms. The second-order valence-corrected chi connectivity index (χ2v) is 5.77. The van der Waals surface area contributed by atoms with Crippen molar-refractivity contribution in [1.29, 1.82) is 0 Å². The molecule has 0 aliphatic heterocycles. The molecule has 2 heterocycles. The normalized spacial score (nSPS) is 10.6. The van der Waals surface area contributed by atoms with Crippen molar-refractivity contribution >= 4 is 11.6 Å². The Bertz CT molecular complexity index is 1080. The Morgan fingerprint density at radius 1 is 1.11 bits per heavy atom. The van der Waals surface area contributed by atoms with Gasteiger partial charge in [0.1, 0.15) is 11.6 Å². The predicted octanol–water partition coefficient (Wildman–Crippen LogP) is 4.15.